The van der Waals surface area contributed by atoms with Crippen LogP contribution in [0.1, 0.15) is 48.6 Å². The summed E-state index contributed by atoms with van der Waals surface area (Å²) in [4.78, 5) is 2.39. The lowest BCUT2D eigenvalue weighted by molar-refractivity contribution is 0.590. The van der Waals surface area contributed by atoms with E-state index in [-0.39, 0.29) is 5.41 Å². The van der Waals surface area contributed by atoms with Gasteiger partial charge in [-0.05, 0) is 126 Å². The van der Waals surface area contributed by atoms with E-state index in [1.54, 1.807) is 0 Å². The van der Waals surface area contributed by atoms with E-state index < -0.39 is 5.41 Å². The van der Waals surface area contributed by atoms with E-state index in [0.29, 0.717) is 0 Å². The second-order valence-electron chi connectivity index (χ2n) is 14.9. The lowest BCUT2D eigenvalue weighted by atomic mass is 9.70. The van der Waals surface area contributed by atoms with Crippen molar-refractivity contribution in [3.8, 4) is 22.3 Å². The van der Waals surface area contributed by atoms with Crippen LogP contribution in [0.3, 0.4) is 0 Å². The number of hydrogen-bond acceptors (Lipinski definition) is 1. The number of benzene rings is 8. The second-order valence-corrected chi connectivity index (χ2v) is 14.9. The lowest BCUT2D eigenvalue weighted by Gasteiger charge is -2.31. The topological polar surface area (TPSA) is 3.24 Å². The number of fused-ring (bicyclic) bond motifs is 13. The molecule has 238 valence electrons. The molecule has 8 aromatic rings. The fourth-order valence-corrected chi connectivity index (χ4v) is 8.91. The van der Waals surface area contributed by atoms with E-state index in [9.17, 15) is 0 Å². The van der Waals surface area contributed by atoms with Gasteiger partial charge in [-0.15, -0.1) is 0 Å². The number of para-hydroxylation sites is 1. The molecule has 0 saturated heterocycles. The largest absolute Gasteiger partial charge is 0.310 e. The fraction of sp³-hybridized carbons (Fsp3) is 0.102. The van der Waals surface area contributed by atoms with Gasteiger partial charge in [0.1, 0.15) is 0 Å². The maximum absolute atomic E-state index is 2.51. The van der Waals surface area contributed by atoms with Gasteiger partial charge in [-0.25, -0.2) is 0 Å². The third kappa shape index (κ3) is 4.01. The fourth-order valence-electron chi connectivity index (χ4n) is 8.91. The van der Waals surface area contributed by atoms with Crippen molar-refractivity contribution in [1.82, 2.24) is 0 Å². The van der Waals surface area contributed by atoms with Crippen molar-refractivity contribution >= 4 is 38.6 Å². The Morgan fingerprint density at radius 3 is 1.72 bits per heavy atom. The van der Waals surface area contributed by atoms with Gasteiger partial charge < -0.3 is 4.90 Å². The summed E-state index contributed by atoms with van der Waals surface area (Å²) in [6, 6.07) is 63.6. The van der Waals surface area contributed by atoms with Gasteiger partial charge in [-0.3, -0.25) is 0 Å². The highest BCUT2D eigenvalue weighted by Gasteiger charge is 2.52. The molecule has 2 aliphatic carbocycles. The highest BCUT2D eigenvalue weighted by atomic mass is 15.1. The van der Waals surface area contributed by atoms with Crippen molar-refractivity contribution in [3.63, 3.8) is 0 Å². The van der Waals surface area contributed by atoms with Crippen molar-refractivity contribution in [2.24, 2.45) is 0 Å². The first-order valence-corrected chi connectivity index (χ1v) is 17.7. The van der Waals surface area contributed by atoms with Gasteiger partial charge in [0.2, 0.25) is 0 Å². The zero-order chi connectivity index (χ0) is 33.6. The van der Waals surface area contributed by atoms with Crippen molar-refractivity contribution in [2.75, 3.05) is 4.90 Å². The van der Waals surface area contributed by atoms with Crippen molar-refractivity contribution in [1.29, 1.82) is 0 Å². The second kappa shape index (κ2) is 10.5. The molecule has 2 aliphatic rings. The summed E-state index contributed by atoms with van der Waals surface area (Å²) in [7, 11) is 0. The summed E-state index contributed by atoms with van der Waals surface area (Å²) in [6.45, 7) is 6.81. The van der Waals surface area contributed by atoms with E-state index in [1.807, 2.05) is 0 Å². The van der Waals surface area contributed by atoms with Gasteiger partial charge in [0, 0.05) is 17.1 Å². The molecule has 1 nitrogen and oxygen atoms in total. The summed E-state index contributed by atoms with van der Waals surface area (Å²) >= 11 is 0. The van der Waals surface area contributed by atoms with E-state index >= 15 is 0 Å². The Labute approximate surface area is 294 Å². The van der Waals surface area contributed by atoms with E-state index in [1.165, 1.54) is 71.6 Å². The Hall–Kier alpha value is -5.92. The maximum Gasteiger partial charge on any atom is 0.0725 e. The Kier molecular flexibility index (Phi) is 6.12. The summed E-state index contributed by atoms with van der Waals surface area (Å²) in [5.41, 5.74) is 15.3. The number of nitrogens with zero attached hydrogens (tertiary/aromatic N) is 1. The minimum atomic E-state index is -0.395. The molecular weight excluding hydrogens is 603 g/mol. The van der Waals surface area contributed by atoms with Crippen molar-refractivity contribution in [2.45, 2.75) is 31.6 Å². The normalized spacial score (nSPS) is 13.7. The third-order valence-corrected chi connectivity index (χ3v) is 11.2. The van der Waals surface area contributed by atoms with Crippen LogP contribution < -0.4 is 4.90 Å². The molecule has 50 heavy (non-hydrogen) atoms. The van der Waals surface area contributed by atoms with Crippen LogP contribution in [-0.4, -0.2) is 0 Å². The zero-order valence-corrected chi connectivity index (χ0v) is 28.6. The third-order valence-electron chi connectivity index (χ3n) is 11.2. The molecule has 1 spiro atoms. The highest BCUT2D eigenvalue weighted by Crippen LogP contribution is 2.64. The predicted octanol–water partition coefficient (Wildman–Crippen LogP) is 13.1. The predicted molar refractivity (Wildman–Crippen MR) is 211 cm³/mol. The number of anilines is 3. The highest BCUT2D eigenvalue weighted by molar-refractivity contribution is 6.08. The van der Waals surface area contributed by atoms with E-state index in [0.717, 1.165) is 17.1 Å². The molecule has 0 aliphatic heterocycles. The molecule has 10 rings (SSSR count). The molecule has 8 aromatic carbocycles. The average Bonchev–Trinajstić information content (AvgIpc) is 3.61. The number of hydrogen-bond donors (Lipinski definition) is 0. The van der Waals surface area contributed by atoms with Crippen molar-refractivity contribution < 1.29 is 0 Å². The zero-order valence-electron chi connectivity index (χ0n) is 28.6. The molecule has 0 fully saturated rings. The van der Waals surface area contributed by atoms with Crippen LogP contribution >= 0.6 is 0 Å². The van der Waals surface area contributed by atoms with Crippen molar-refractivity contribution in [3.05, 3.63) is 198 Å². The molecule has 1 heteroatoms. The Morgan fingerprint density at radius 1 is 0.400 bits per heavy atom. The first-order valence-electron chi connectivity index (χ1n) is 17.7. The summed E-state index contributed by atoms with van der Waals surface area (Å²) < 4.78 is 0. The monoisotopic (exact) mass is 639 g/mol. The van der Waals surface area contributed by atoms with Crippen LogP contribution in [-0.2, 0) is 10.8 Å². The van der Waals surface area contributed by atoms with Gasteiger partial charge in [0.15, 0.2) is 0 Å². The van der Waals surface area contributed by atoms with Gasteiger partial charge in [-0.1, -0.05) is 142 Å². The minimum Gasteiger partial charge on any atom is -0.310 e. The van der Waals surface area contributed by atoms with Gasteiger partial charge in [0.25, 0.3) is 0 Å². The smallest absolute Gasteiger partial charge is 0.0725 e. The van der Waals surface area contributed by atoms with Crippen LogP contribution in [0.2, 0.25) is 0 Å². The lowest BCUT2D eigenvalue weighted by Crippen LogP contribution is -2.25. The van der Waals surface area contributed by atoms with Crippen LogP contribution in [0, 0.1) is 0 Å². The molecule has 0 saturated carbocycles. The number of rotatable bonds is 3. The van der Waals surface area contributed by atoms with Crippen LogP contribution in [0.5, 0.6) is 0 Å². The molecule has 0 atom stereocenters. The SMILES string of the molecule is CC(C)(C)c1ccc(N(c2ccccc2)c2ccc3cc4c(cc3c2)C2(c3ccccc3-c3ccccc32)c2ccc3ccccc3c2-4)cc1. The summed E-state index contributed by atoms with van der Waals surface area (Å²) in [5.74, 6) is 0. The van der Waals surface area contributed by atoms with Gasteiger partial charge in [0.05, 0.1) is 5.41 Å². The molecular formula is C49H37N. The standard InChI is InChI=1S/C49H37N/c1-48(2,3)35-23-26-37(27-24-35)50(36-14-5-4-6-15-36)38-25-21-33-30-42-46(31-34(33)29-38)49(45-28-22-32-13-7-8-16-39(32)47(42)45)43-19-11-9-17-40(43)41-18-10-12-20-44(41)49/h4-31H,1-3H3. The Morgan fingerprint density at radius 2 is 1.00 bits per heavy atom. The minimum absolute atomic E-state index is 0.0930. The molecule has 0 unspecified atom stereocenters. The molecule has 0 amide bonds. The first kappa shape index (κ1) is 29.0. The van der Waals surface area contributed by atoms with Crippen LogP contribution in [0.25, 0.3) is 43.8 Å². The maximum atomic E-state index is 2.51. The Balaban J connectivity index is 1.25. The van der Waals surface area contributed by atoms with E-state index in [4.69, 9.17) is 0 Å². The van der Waals surface area contributed by atoms with E-state index in [2.05, 4.69) is 196 Å². The summed E-state index contributed by atoms with van der Waals surface area (Å²) in [5, 5.41) is 5.08. The average molecular weight is 640 g/mol. The van der Waals surface area contributed by atoms with Crippen LogP contribution in [0.4, 0.5) is 17.1 Å². The van der Waals surface area contributed by atoms with Crippen LogP contribution in [0.15, 0.2) is 170 Å². The Bertz CT molecular complexity index is 2580. The van der Waals surface area contributed by atoms with Gasteiger partial charge in [-0.2, -0.15) is 0 Å². The quantitative estimate of drug-likeness (QED) is 0.186. The molecule has 0 aromatic heterocycles. The summed E-state index contributed by atoms with van der Waals surface area (Å²) in [6.07, 6.45) is 0. The van der Waals surface area contributed by atoms with Gasteiger partial charge >= 0.3 is 0 Å². The molecule has 0 radical (unpaired) electrons. The molecule has 0 N–H and O–H groups in total. The first-order chi connectivity index (χ1) is 24.4. The molecule has 0 bridgehead atoms. The molecule has 0 heterocycles.